The van der Waals surface area contributed by atoms with E-state index >= 15 is 0 Å². The number of ketones is 1. The van der Waals surface area contributed by atoms with E-state index in [0.29, 0.717) is 5.56 Å². The smallest absolute Gasteiger partial charge is 0.407 e. The lowest BCUT2D eigenvalue weighted by Crippen LogP contribution is -2.33. The average Bonchev–Trinajstić information content (AvgIpc) is 2.60. The summed E-state index contributed by atoms with van der Waals surface area (Å²) in [5.41, 5.74) is 0.489. The minimum atomic E-state index is -3.43. The van der Waals surface area contributed by atoms with E-state index in [1.54, 1.807) is 39.8 Å². The van der Waals surface area contributed by atoms with E-state index < -0.39 is 21.5 Å². The number of rotatable bonds is 7. The average molecular weight is 424 g/mol. The highest BCUT2D eigenvalue weighted by molar-refractivity contribution is 7.91. The molecule has 1 amide bonds. The van der Waals surface area contributed by atoms with Crippen LogP contribution in [0.15, 0.2) is 23.1 Å². The lowest BCUT2D eigenvalue weighted by molar-refractivity contribution is 0.0527. The van der Waals surface area contributed by atoms with Crippen LogP contribution in [0, 0.1) is 12.8 Å². The van der Waals surface area contributed by atoms with Crippen LogP contribution in [0.5, 0.6) is 0 Å². The molecule has 0 aromatic heterocycles. The predicted molar refractivity (Wildman–Crippen MR) is 113 cm³/mol. The van der Waals surface area contributed by atoms with E-state index in [-0.39, 0.29) is 35.3 Å². The molecule has 1 aromatic carbocycles. The number of carbonyl (C=O) groups is 2. The van der Waals surface area contributed by atoms with Crippen LogP contribution < -0.4 is 5.32 Å². The summed E-state index contributed by atoms with van der Waals surface area (Å²) in [5, 5.41) is 2.55. The molecule has 0 bridgehead atoms. The standard InChI is InChI=1S/C22H33NO5S/c1-16-12-18(20(24)10-11-23-21(25)28-22(2,3)4)14-19(13-16)29(26,27)15-17-8-6-5-7-9-17/h12-14,17H,5-11,15H2,1-4H3,(H,23,25). The van der Waals surface area contributed by atoms with Gasteiger partial charge in [-0.2, -0.15) is 0 Å². The summed E-state index contributed by atoms with van der Waals surface area (Å²) in [5.74, 6) is 0.134. The van der Waals surface area contributed by atoms with Gasteiger partial charge in [0.1, 0.15) is 5.60 Å². The number of hydrogen-bond acceptors (Lipinski definition) is 5. The van der Waals surface area contributed by atoms with Crippen LogP contribution in [0.25, 0.3) is 0 Å². The summed E-state index contributed by atoms with van der Waals surface area (Å²) in [7, 11) is -3.43. The molecule has 1 N–H and O–H groups in total. The van der Waals surface area contributed by atoms with Crippen molar-refractivity contribution in [3.05, 3.63) is 29.3 Å². The Bertz CT molecular complexity index is 833. The van der Waals surface area contributed by atoms with Crippen molar-refractivity contribution in [3.63, 3.8) is 0 Å². The van der Waals surface area contributed by atoms with Crippen molar-refractivity contribution in [1.82, 2.24) is 5.32 Å². The number of benzene rings is 1. The van der Waals surface area contributed by atoms with Crippen LogP contribution in [-0.4, -0.2) is 38.2 Å². The molecule has 1 fully saturated rings. The van der Waals surface area contributed by atoms with Crippen LogP contribution in [0.3, 0.4) is 0 Å². The third kappa shape index (κ3) is 7.80. The van der Waals surface area contributed by atoms with Crippen molar-refractivity contribution in [1.29, 1.82) is 0 Å². The van der Waals surface area contributed by atoms with E-state index in [9.17, 15) is 18.0 Å². The quantitative estimate of drug-likeness (QED) is 0.655. The molecule has 0 aliphatic heterocycles. The van der Waals surface area contributed by atoms with Crippen molar-refractivity contribution >= 4 is 21.7 Å². The van der Waals surface area contributed by atoms with E-state index in [0.717, 1.165) is 31.2 Å². The van der Waals surface area contributed by atoms with Gasteiger partial charge in [0.2, 0.25) is 0 Å². The molecule has 1 aliphatic rings. The zero-order valence-electron chi connectivity index (χ0n) is 17.9. The van der Waals surface area contributed by atoms with Crippen LogP contribution in [0.1, 0.15) is 75.2 Å². The zero-order chi connectivity index (χ0) is 21.7. The molecule has 0 heterocycles. The summed E-state index contributed by atoms with van der Waals surface area (Å²) in [4.78, 5) is 24.4. The van der Waals surface area contributed by atoms with Gasteiger partial charge in [-0.15, -0.1) is 0 Å². The van der Waals surface area contributed by atoms with Crippen molar-refractivity contribution < 1.29 is 22.7 Å². The molecule has 1 aromatic rings. The second-order valence-corrected chi connectivity index (χ2v) is 11.0. The zero-order valence-corrected chi connectivity index (χ0v) is 18.7. The summed E-state index contributed by atoms with van der Waals surface area (Å²) >= 11 is 0. The van der Waals surface area contributed by atoms with E-state index in [1.807, 2.05) is 0 Å². The lowest BCUT2D eigenvalue weighted by atomic mass is 9.91. The van der Waals surface area contributed by atoms with Crippen molar-refractivity contribution in [2.45, 2.75) is 76.7 Å². The lowest BCUT2D eigenvalue weighted by Gasteiger charge is -2.21. The van der Waals surface area contributed by atoms with Crippen LogP contribution in [0.4, 0.5) is 4.79 Å². The molecule has 1 aliphatic carbocycles. The van der Waals surface area contributed by atoms with Gasteiger partial charge in [-0.25, -0.2) is 13.2 Å². The van der Waals surface area contributed by atoms with Gasteiger partial charge in [-0.3, -0.25) is 4.79 Å². The van der Waals surface area contributed by atoms with Gasteiger partial charge in [0.05, 0.1) is 10.6 Å². The Hall–Kier alpha value is -1.89. The predicted octanol–water partition coefficient (Wildman–Crippen LogP) is 4.45. The minimum absolute atomic E-state index is 0.0742. The maximum absolute atomic E-state index is 12.9. The fraction of sp³-hybridized carbons (Fsp3) is 0.636. The first-order valence-electron chi connectivity index (χ1n) is 10.3. The number of Topliss-reactive ketones (excluding diaryl/α,β-unsaturated/α-hetero) is 1. The third-order valence-corrected chi connectivity index (χ3v) is 6.80. The van der Waals surface area contributed by atoms with Gasteiger partial charge in [0.15, 0.2) is 15.6 Å². The molecule has 29 heavy (non-hydrogen) atoms. The van der Waals surface area contributed by atoms with E-state index in [2.05, 4.69) is 5.32 Å². The first kappa shape index (κ1) is 23.4. The van der Waals surface area contributed by atoms with E-state index in [1.165, 1.54) is 12.5 Å². The van der Waals surface area contributed by atoms with Gasteiger partial charge in [-0.1, -0.05) is 19.3 Å². The summed E-state index contributed by atoms with van der Waals surface area (Å²) in [6.07, 6.45) is 4.75. The molecule has 0 radical (unpaired) electrons. The number of alkyl carbamates (subject to hydrolysis) is 1. The van der Waals surface area contributed by atoms with Crippen molar-refractivity contribution in [2.24, 2.45) is 5.92 Å². The number of carbonyl (C=O) groups excluding carboxylic acids is 2. The molecule has 2 rings (SSSR count). The topological polar surface area (TPSA) is 89.5 Å². The maximum atomic E-state index is 12.9. The third-order valence-electron chi connectivity index (χ3n) is 4.93. The Kier molecular flexibility index (Phi) is 7.86. The highest BCUT2D eigenvalue weighted by Gasteiger charge is 2.24. The molecule has 6 nitrogen and oxygen atoms in total. The number of aryl methyl sites for hydroxylation is 1. The minimum Gasteiger partial charge on any atom is -0.444 e. The summed E-state index contributed by atoms with van der Waals surface area (Å²) < 4.78 is 30.9. The fourth-order valence-electron chi connectivity index (χ4n) is 3.59. The molecule has 0 spiro atoms. The van der Waals surface area contributed by atoms with Crippen LogP contribution in [0.2, 0.25) is 0 Å². The van der Waals surface area contributed by atoms with E-state index in [4.69, 9.17) is 4.74 Å². The van der Waals surface area contributed by atoms with Crippen molar-refractivity contribution in [2.75, 3.05) is 12.3 Å². The number of hydrogen-bond donors (Lipinski definition) is 1. The summed E-state index contributed by atoms with van der Waals surface area (Å²) in [6.45, 7) is 7.21. The molecule has 0 atom stereocenters. The fourth-order valence-corrected chi connectivity index (χ4v) is 5.40. The second-order valence-electron chi connectivity index (χ2n) is 8.92. The van der Waals surface area contributed by atoms with Crippen LogP contribution in [-0.2, 0) is 14.6 Å². The molecule has 1 saturated carbocycles. The largest absolute Gasteiger partial charge is 0.444 e. The van der Waals surface area contributed by atoms with Gasteiger partial charge in [0.25, 0.3) is 0 Å². The highest BCUT2D eigenvalue weighted by Crippen LogP contribution is 2.28. The number of sulfone groups is 1. The monoisotopic (exact) mass is 423 g/mol. The Morgan fingerprint density at radius 1 is 1.10 bits per heavy atom. The second kappa shape index (κ2) is 9.74. The number of ether oxygens (including phenoxy) is 1. The van der Waals surface area contributed by atoms with Gasteiger partial charge >= 0.3 is 6.09 Å². The Morgan fingerprint density at radius 2 is 1.76 bits per heavy atom. The maximum Gasteiger partial charge on any atom is 0.407 e. The normalized spacial score (nSPS) is 15.7. The SMILES string of the molecule is Cc1cc(C(=O)CCNC(=O)OC(C)(C)C)cc(S(=O)(=O)CC2CCCCC2)c1. The van der Waals surface area contributed by atoms with Gasteiger partial charge < -0.3 is 10.1 Å². The summed E-state index contributed by atoms with van der Waals surface area (Å²) in [6, 6.07) is 4.80. The number of nitrogens with one attached hydrogen (secondary N) is 1. The molecule has 162 valence electrons. The Morgan fingerprint density at radius 3 is 2.38 bits per heavy atom. The van der Waals surface area contributed by atoms with Gasteiger partial charge in [0, 0.05) is 18.5 Å². The van der Waals surface area contributed by atoms with Crippen molar-refractivity contribution in [3.8, 4) is 0 Å². The first-order valence-corrected chi connectivity index (χ1v) is 12.0. The Labute approximate surface area is 174 Å². The highest BCUT2D eigenvalue weighted by atomic mass is 32.2. The van der Waals surface area contributed by atoms with Gasteiger partial charge in [-0.05, 0) is 70.2 Å². The molecule has 7 heteroatoms. The first-order chi connectivity index (χ1) is 13.5. The Balaban J connectivity index is 2.01. The van der Waals surface area contributed by atoms with Crippen LogP contribution >= 0.6 is 0 Å². The molecular weight excluding hydrogens is 390 g/mol. The number of amides is 1. The molecule has 0 unspecified atom stereocenters. The molecular formula is C22H33NO5S. The molecule has 0 saturated heterocycles.